The summed E-state index contributed by atoms with van der Waals surface area (Å²) < 4.78 is 1.68. The van der Waals surface area contributed by atoms with E-state index in [0.717, 1.165) is 12.1 Å². The molecule has 0 fully saturated rings. The van der Waals surface area contributed by atoms with E-state index in [-0.39, 0.29) is 5.95 Å². The standard InChI is InChI=1S/C14H15N7/c1-2-10-5-3-4-6-11(10)17-13-18-12(15)19-14(20-13)21-8-7-16-9-21/h3-9H,2H2,1H3,(H3,15,17,18,19,20). The molecule has 0 unspecified atom stereocenters. The van der Waals surface area contributed by atoms with Crippen molar-refractivity contribution in [2.75, 3.05) is 11.1 Å². The molecular formula is C14H15N7. The van der Waals surface area contributed by atoms with Crippen molar-refractivity contribution in [3.63, 3.8) is 0 Å². The van der Waals surface area contributed by atoms with Gasteiger partial charge in [-0.15, -0.1) is 0 Å². The maximum Gasteiger partial charge on any atom is 0.241 e. The van der Waals surface area contributed by atoms with Crippen molar-refractivity contribution >= 4 is 17.6 Å². The molecule has 3 N–H and O–H groups in total. The summed E-state index contributed by atoms with van der Waals surface area (Å²) in [6.07, 6.45) is 5.93. The van der Waals surface area contributed by atoms with Gasteiger partial charge in [-0.25, -0.2) is 4.98 Å². The van der Waals surface area contributed by atoms with Crippen LogP contribution in [0.25, 0.3) is 5.95 Å². The highest BCUT2D eigenvalue weighted by atomic mass is 15.3. The van der Waals surface area contributed by atoms with Crippen molar-refractivity contribution in [2.24, 2.45) is 0 Å². The summed E-state index contributed by atoms with van der Waals surface area (Å²) in [5, 5.41) is 3.19. The third-order valence-electron chi connectivity index (χ3n) is 3.02. The number of benzene rings is 1. The van der Waals surface area contributed by atoms with Crippen LogP contribution in [-0.2, 0) is 6.42 Å². The highest BCUT2D eigenvalue weighted by Crippen LogP contribution is 2.19. The van der Waals surface area contributed by atoms with Gasteiger partial charge < -0.3 is 11.1 Å². The lowest BCUT2D eigenvalue weighted by atomic mass is 10.1. The number of aromatic nitrogens is 5. The van der Waals surface area contributed by atoms with Crippen LogP contribution in [0.2, 0.25) is 0 Å². The second-order valence-electron chi connectivity index (χ2n) is 4.42. The van der Waals surface area contributed by atoms with Gasteiger partial charge in [0.1, 0.15) is 6.33 Å². The molecule has 0 aliphatic carbocycles. The van der Waals surface area contributed by atoms with E-state index in [0.29, 0.717) is 11.9 Å². The number of hydrogen-bond acceptors (Lipinski definition) is 6. The summed E-state index contributed by atoms with van der Waals surface area (Å²) in [5.41, 5.74) is 7.90. The van der Waals surface area contributed by atoms with Gasteiger partial charge in [-0.05, 0) is 18.1 Å². The lowest BCUT2D eigenvalue weighted by Crippen LogP contribution is -2.08. The average Bonchev–Trinajstić information content (AvgIpc) is 3.01. The van der Waals surface area contributed by atoms with E-state index in [4.69, 9.17) is 5.73 Å². The lowest BCUT2D eigenvalue weighted by molar-refractivity contribution is 0.906. The molecule has 0 aliphatic rings. The van der Waals surface area contributed by atoms with Crippen molar-refractivity contribution in [3.05, 3.63) is 48.5 Å². The molecule has 0 bridgehead atoms. The molecule has 7 nitrogen and oxygen atoms in total. The van der Waals surface area contributed by atoms with Crippen molar-refractivity contribution in [3.8, 4) is 5.95 Å². The van der Waals surface area contributed by atoms with E-state index >= 15 is 0 Å². The van der Waals surface area contributed by atoms with E-state index in [1.54, 1.807) is 23.3 Å². The maximum atomic E-state index is 5.75. The summed E-state index contributed by atoms with van der Waals surface area (Å²) in [6.45, 7) is 2.10. The fraction of sp³-hybridized carbons (Fsp3) is 0.143. The number of nitrogens with two attached hydrogens (primary N) is 1. The number of nitrogens with zero attached hydrogens (tertiary/aromatic N) is 5. The Balaban J connectivity index is 1.96. The van der Waals surface area contributed by atoms with E-state index in [2.05, 4.69) is 38.2 Å². The zero-order chi connectivity index (χ0) is 14.7. The van der Waals surface area contributed by atoms with Crippen LogP contribution < -0.4 is 11.1 Å². The molecule has 0 amide bonds. The lowest BCUT2D eigenvalue weighted by Gasteiger charge is -2.10. The maximum absolute atomic E-state index is 5.75. The predicted octanol–water partition coefficient (Wildman–Crippen LogP) is 1.95. The van der Waals surface area contributed by atoms with Gasteiger partial charge in [0.2, 0.25) is 17.8 Å². The summed E-state index contributed by atoms with van der Waals surface area (Å²) in [5.74, 6) is 0.994. The van der Waals surface area contributed by atoms with Crippen molar-refractivity contribution < 1.29 is 0 Å². The molecule has 0 spiro atoms. The van der Waals surface area contributed by atoms with Crippen LogP contribution in [0.5, 0.6) is 0 Å². The molecule has 0 aliphatic heterocycles. The molecule has 21 heavy (non-hydrogen) atoms. The van der Waals surface area contributed by atoms with Crippen LogP contribution in [0, 0.1) is 0 Å². The third-order valence-corrected chi connectivity index (χ3v) is 3.02. The SMILES string of the molecule is CCc1ccccc1Nc1nc(N)nc(-n2ccnc2)n1. The van der Waals surface area contributed by atoms with Crippen molar-refractivity contribution in [2.45, 2.75) is 13.3 Å². The first-order chi connectivity index (χ1) is 10.3. The van der Waals surface area contributed by atoms with Crippen LogP contribution in [-0.4, -0.2) is 24.5 Å². The van der Waals surface area contributed by atoms with Crippen LogP contribution >= 0.6 is 0 Å². The van der Waals surface area contributed by atoms with Crippen LogP contribution in [0.4, 0.5) is 17.6 Å². The number of rotatable bonds is 4. The molecule has 3 aromatic rings. The first kappa shape index (κ1) is 13.0. The fourth-order valence-corrected chi connectivity index (χ4v) is 2.00. The van der Waals surface area contributed by atoms with Crippen molar-refractivity contribution in [1.82, 2.24) is 24.5 Å². The molecule has 0 saturated carbocycles. The van der Waals surface area contributed by atoms with E-state index in [1.807, 2.05) is 18.2 Å². The second-order valence-corrected chi connectivity index (χ2v) is 4.42. The third kappa shape index (κ3) is 2.81. The number of nitrogens with one attached hydrogen (secondary N) is 1. The summed E-state index contributed by atoms with van der Waals surface area (Å²) in [6, 6.07) is 8.00. The van der Waals surface area contributed by atoms with E-state index < -0.39 is 0 Å². The summed E-state index contributed by atoms with van der Waals surface area (Å²) >= 11 is 0. The van der Waals surface area contributed by atoms with Gasteiger partial charge in [0, 0.05) is 18.1 Å². The number of hydrogen-bond donors (Lipinski definition) is 2. The van der Waals surface area contributed by atoms with Gasteiger partial charge in [0.05, 0.1) is 0 Å². The number of aryl methyl sites for hydroxylation is 1. The van der Waals surface area contributed by atoms with Crippen molar-refractivity contribution in [1.29, 1.82) is 0 Å². The highest BCUT2D eigenvalue weighted by molar-refractivity contribution is 5.59. The van der Waals surface area contributed by atoms with Crippen LogP contribution in [0.3, 0.4) is 0 Å². The van der Waals surface area contributed by atoms with Gasteiger partial charge in [0.25, 0.3) is 0 Å². The minimum absolute atomic E-state index is 0.158. The summed E-state index contributed by atoms with van der Waals surface area (Å²) in [7, 11) is 0. The molecule has 0 saturated heterocycles. The Morgan fingerprint density at radius 2 is 2.05 bits per heavy atom. The monoisotopic (exact) mass is 281 g/mol. The zero-order valence-electron chi connectivity index (χ0n) is 11.6. The Bertz CT molecular complexity index is 737. The molecular weight excluding hydrogens is 266 g/mol. The average molecular weight is 281 g/mol. The number of nitrogen functional groups attached to an aromatic ring is 1. The van der Waals surface area contributed by atoms with Gasteiger partial charge in [-0.3, -0.25) is 4.57 Å². The Morgan fingerprint density at radius 1 is 1.19 bits per heavy atom. The van der Waals surface area contributed by atoms with Gasteiger partial charge >= 0.3 is 0 Å². The second kappa shape index (κ2) is 5.58. The minimum Gasteiger partial charge on any atom is -0.368 e. The minimum atomic E-state index is 0.158. The molecule has 1 aromatic carbocycles. The number of imidazole rings is 1. The smallest absolute Gasteiger partial charge is 0.241 e. The van der Waals surface area contributed by atoms with Crippen LogP contribution in [0.1, 0.15) is 12.5 Å². The Morgan fingerprint density at radius 3 is 2.81 bits per heavy atom. The Kier molecular flexibility index (Phi) is 3.46. The predicted molar refractivity (Wildman–Crippen MR) is 80.5 cm³/mol. The van der Waals surface area contributed by atoms with E-state index in [9.17, 15) is 0 Å². The molecule has 2 aromatic heterocycles. The molecule has 0 atom stereocenters. The van der Waals surface area contributed by atoms with Gasteiger partial charge in [-0.1, -0.05) is 25.1 Å². The van der Waals surface area contributed by atoms with Gasteiger partial charge in [0.15, 0.2) is 0 Å². The number of para-hydroxylation sites is 1. The molecule has 7 heteroatoms. The topological polar surface area (TPSA) is 94.5 Å². The molecule has 3 rings (SSSR count). The van der Waals surface area contributed by atoms with E-state index in [1.165, 1.54) is 5.56 Å². The highest BCUT2D eigenvalue weighted by Gasteiger charge is 2.08. The number of anilines is 3. The zero-order valence-corrected chi connectivity index (χ0v) is 11.6. The fourth-order valence-electron chi connectivity index (χ4n) is 2.00. The van der Waals surface area contributed by atoms with Crippen LogP contribution in [0.15, 0.2) is 43.0 Å². The normalized spacial score (nSPS) is 10.5. The Hall–Kier alpha value is -2.96. The first-order valence-electron chi connectivity index (χ1n) is 6.61. The molecule has 2 heterocycles. The van der Waals surface area contributed by atoms with Gasteiger partial charge in [-0.2, -0.15) is 15.0 Å². The molecule has 106 valence electrons. The summed E-state index contributed by atoms with van der Waals surface area (Å²) in [4.78, 5) is 16.6. The quantitative estimate of drug-likeness (QED) is 0.759. The Labute approximate surface area is 121 Å². The largest absolute Gasteiger partial charge is 0.368 e. The molecule has 0 radical (unpaired) electrons. The first-order valence-corrected chi connectivity index (χ1v) is 6.61.